The standard InChI is InChI=1S/C60H42O10/c61-43-23-3-1-13-33(43)34-15-5-25-45(63)53(34)36-16-6-27-47(65)55(36)38-18-8-29-49(67)57(38)40-20-10-31-51(69)59(40)42-22-12-32-52(70)60(42)41-21-11-30-50(68)58(41)39-19-9-28-48(66)56(39)37-17-7-26-46(64)54(37)35-14-2-4-24-44(35)62/h1-32,61-70H. The predicted octanol–water partition coefficient (Wildman–Crippen LogP) is 13.7. The monoisotopic (exact) mass is 922 g/mol. The molecule has 0 saturated carbocycles. The van der Waals surface area contributed by atoms with E-state index in [9.17, 15) is 51.1 Å². The second-order valence-corrected chi connectivity index (χ2v) is 16.6. The van der Waals surface area contributed by atoms with Crippen LogP contribution in [0.15, 0.2) is 194 Å². The molecule has 10 aromatic carbocycles. The van der Waals surface area contributed by atoms with Crippen molar-refractivity contribution in [3.8, 4) is 158 Å². The third-order valence-electron chi connectivity index (χ3n) is 12.6. The van der Waals surface area contributed by atoms with E-state index >= 15 is 0 Å². The molecular weight excluding hydrogens is 881 g/mol. The van der Waals surface area contributed by atoms with Gasteiger partial charge in [-0.05, 0) is 105 Å². The van der Waals surface area contributed by atoms with Crippen LogP contribution >= 0.6 is 0 Å². The Labute approximate surface area is 401 Å². The summed E-state index contributed by atoms with van der Waals surface area (Å²) in [5.74, 6) is -1.92. The first-order valence-corrected chi connectivity index (χ1v) is 22.1. The zero-order valence-electron chi connectivity index (χ0n) is 36.9. The van der Waals surface area contributed by atoms with Gasteiger partial charge in [-0.15, -0.1) is 0 Å². The summed E-state index contributed by atoms with van der Waals surface area (Å²) in [6, 6.07) is 51.2. The lowest BCUT2D eigenvalue weighted by atomic mass is 9.81. The van der Waals surface area contributed by atoms with Crippen molar-refractivity contribution in [1.82, 2.24) is 0 Å². The molecule has 0 unspecified atom stereocenters. The highest BCUT2D eigenvalue weighted by molar-refractivity contribution is 6.08. The first kappa shape index (κ1) is 44.1. The van der Waals surface area contributed by atoms with E-state index < -0.39 is 0 Å². The lowest BCUT2D eigenvalue weighted by molar-refractivity contribution is 0.468. The van der Waals surface area contributed by atoms with Gasteiger partial charge in [-0.3, -0.25) is 0 Å². The maximum atomic E-state index is 12.1. The smallest absolute Gasteiger partial charge is 0.124 e. The van der Waals surface area contributed by atoms with Gasteiger partial charge in [-0.25, -0.2) is 0 Å². The number of benzene rings is 10. The summed E-state index contributed by atoms with van der Waals surface area (Å²) in [5, 5.41) is 117. The first-order valence-electron chi connectivity index (χ1n) is 22.1. The Morgan fingerprint density at radius 2 is 0.286 bits per heavy atom. The Balaban J connectivity index is 1.22. The minimum Gasteiger partial charge on any atom is -0.507 e. The highest BCUT2D eigenvalue weighted by Crippen LogP contribution is 2.57. The molecule has 0 aliphatic heterocycles. The van der Waals surface area contributed by atoms with E-state index in [1.807, 2.05) is 0 Å². The molecule has 10 heteroatoms. The van der Waals surface area contributed by atoms with E-state index in [2.05, 4.69) is 0 Å². The highest BCUT2D eigenvalue weighted by atomic mass is 16.3. The molecule has 70 heavy (non-hydrogen) atoms. The van der Waals surface area contributed by atoms with Crippen molar-refractivity contribution in [1.29, 1.82) is 0 Å². The number of rotatable bonds is 9. The summed E-state index contributed by atoms with van der Waals surface area (Å²) < 4.78 is 0. The molecule has 10 aromatic rings. The fourth-order valence-electron chi connectivity index (χ4n) is 9.65. The zero-order valence-corrected chi connectivity index (χ0v) is 36.9. The van der Waals surface area contributed by atoms with Crippen molar-refractivity contribution >= 4 is 0 Å². The Kier molecular flexibility index (Phi) is 11.2. The van der Waals surface area contributed by atoms with E-state index in [1.54, 1.807) is 133 Å². The van der Waals surface area contributed by atoms with Crippen LogP contribution in [0.5, 0.6) is 57.5 Å². The van der Waals surface area contributed by atoms with Crippen LogP contribution in [0, 0.1) is 0 Å². The lowest BCUT2D eigenvalue weighted by Gasteiger charge is -2.23. The Morgan fingerprint density at radius 3 is 0.529 bits per heavy atom. The summed E-state index contributed by atoms with van der Waals surface area (Å²) in [7, 11) is 0. The number of para-hydroxylation sites is 2. The van der Waals surface area contributed by atoms with Gasteiger partial charge in [0.15, 0.2) is 0 Å². The van der Waals surface area contributed by atoms with Gasteiger partial charge in [0.1, 0.15) is 57.5 Å². The molecule has 0 aromatic heterocycles. The molecule has 342 valence electrons. The van der Waals surface area contributed by atoms with Crippen molar-refractivity contribution in [2.24, 2.45) is 0 Å². The molecule has 0 atom stereocenters. The lowest BCUT2D eigenvalue weighted by Crippen LogP contribution is -1.97. The third-order valence-corrected chi connectivity index (χ3v) is 12.6. The minimum absolute atomic E-state index is 0.0350. The number of hydrogen-bond donors (Lipinski definition) is 10. The average Bonchev–Trinajstić information content (AvgIpc) is 3.34. The van der Waals surface area contributed by atoms with Gasteiger partial charge in [-0.1, -0.05) is 133 Å². The maximum Gasteiger partial charge on any atom is 0.124 e. The van der Waals surface area contributed by atoms with Gasteiger partial charge in [0.2, 0.25) is 0 Å². The largest absolute Gasteiger partial charge is 0.507 e. The van der Waals surface area contributed by atoms with Crippen LogP contribution in [0.4, 0.5) is 0 Å². The maximum absolute atomic E-state index is 12.1. The van der Waals surface area contributed by atoms with Crippen LogP contribution in [0.25, 0.3) is 100 Å². The molecule has 0 heterocycles. The van der Waals surface area contributed by atoms with E-state index in [4.69, 9.17) is 0 Å². The van der Waals surface area contributed by atoms with E-state index in [-0.39, 0.29) is 130 Å². The van der Waals surface area contributed by atoms with Crippen molar-refractivity contribution in [2.75, 3.05) is 0 Å². The third kappa shape index (κ3) is 7.42. The summed E-state index contributed by atoms with van der Waals surface area (Å²) >= 11 is 0. The van der Waals surface area contributed by atoms with Gasteiger partial charge in [-0.2, -0.15) is 0 Å². The van der Waals surface area contributed by atoms with Gasteiger partial charge in [0.05, 0.1) is 0 Å². The van der Waals surface area contributed by atoms with E-state index in [1.165, 1.54) is 60.7 Å². The SMILES string of the molecule is Oc1ccccc1-c1cccc(O)c1-c1cccc(O)c1-c1cccc(O)c1-c1cccc(O)c1-c1cccc(O)c1-c1cccc(O)c1-c1cccc(O)c1-c1cccc(O)c1-c1ccccc1O. The van der Waals surface area contributed by atoms with Gasteiger partial charge in [0, 0.05) is 55.6 Å². The molecule has 0 aliphatic rings. The molecule has 0 radical (unpaired) electrons. The minimum atomic E-state index is -0.260. The number of phenolic OH excluding ortho intramolecular Hbond substituents is 10. The second-order valence-electron chi connectivity index (χ2n) is 16.6. The van der Waals surface area contributed by atoms with Crippen LogP contribution < -0.4 is 0 Å². The number of hydrogen-bond acceptors (Lipinski definition) is 10. The predicted molar refractivity (Wildman–Crippen MR) is 272 cm³/mol. The fourth-order valence-corrected chi connectivity index (χ4v) is 9.65. The molecule has 0 spiro atoms. The van der Waals surface area contributed by atoms with Gasteiger partial charge in [0.25, 0.3) is 0 Å². The summed E-state index contributed by atoms with van der Waals surface area (Å²) in [6.45, 7) is 0. The molecule has 10 rings (SSSR count). The van der Waals surface area contributed by atoms with Crippen LogP contribution in [-0.4, -0.2) is 51.1 Å². The number of phenols is 10. The van der Waals surface area contributed by atoms with E-state index in [0.29, 0.717) is 27.8 Å². The molecule has 0 amide bonds. The van der Waals surface area contributed by atoms with Crippen molar-refractivity contribution in [3.05, 3.63) is 194 Å². The molecule has 10 nitrogen and oxygen atoms in total. The molecular formula is C60H42O10. The van der Waals surface area contributed by atoms with Crippen LogP contribution in [-0.2, 0) is 0 Å². The highest BCUT2D eigenvalue weighted by Gasteiger charge is 2.29. The fraction of sp³-hybridized carbons (Fsp3) is 0. The molecule has 0 fully saturated rings. The van der Waals surface area contributed by atoms with E-state index in [0.717, 1.165) is 0 Å². The van der Waals surface area contributed by atoms with Crippen molar-refractivity contribution < 1.29 is 51.1 Å². The first-order chi connectivity index (χ1) is 33.9. The van der Waals surface area contributed by atoms with Gasteiger partial charge >= 0.3 is 0 Å². The average molecular weight is 923 g/mol. The molecule has 0 aliphatic carbocycles. The number of aromatic hydroxyl groups is 10. The van der Waals surface area contributed by atoms with Crippen LogP contribution in [0.3, 0.4) is 0 Å². The van der Waals surface area contributed by atoms with Gasteiger partial charge < -0.3 is 51.1 Å². The second kappa shape index (κ2) is 17.8. The Bertz CT molecular complexity index is 3690. The molecule has 10 N–H and O–H groups in total. The zero-order chi connectivity index (χ0) is 48.8. The topological polar surface area (TPSA) is 202 Å². The van der Waals surface area contributed by atoms with Crippen LogP contribution in [0.2, 0.25) is 0 Å². The van der Waals surface area contributed by atoms with Crippen molar-refractivity contribution in [2.45, 2.75) is 0 Å². The Hall–Kier alpha value is -9.80. The van der Waals surface area contributed by atoms with Crippen molar-refractivity contribution in [3.63, 3.8) is 0 Å². The van der Waals surface area contributed by atoms with Crippen LogP contribution in [0.1, 0.15) is 0 Å². The normalized spacial score (nSPS) is 11.1. The quantitative estimate of drug-likeness (QED) is 0.0664. The molecule has 0 saturated heterocycles. The molecule has 0 bridgehead atoms. The summed E-state index contributed by atoms with van der Waals surface area (Å²) in [5.41, 5.74) is 4.70. The summed E-state index contributed by atoms with van der Waals surface area (Å²) in [4.78, 5) is 0. The Morgan fingerprint density at radius 1 is 0.129 bits per heavy atom. The summed E-state index contributed by atoms with van der Waals surface area (Å²) in [6.07, 6.45) is 0.